The number of piperidine rings is 1. The predicted octanol–water partition coefficient (Wildman–Crippen LogP) is 2.63. The summed E-state index contributed by atoms with van der Waals surface area (Å²) >= 11 is 0. The van der Waals surface area contributed by atoms with E-state index in [4.69, 9.17) is 5.73 Å². The van der Waals surface area contributed by atoms with Gasteiger partial charge in [0.25, 0.3) is 0 Å². The number of hydrogen-bond donors (Lipinski definition) is 1. The quantitative estimate of drug-likeness (QED) is 0.849. The first-order valence-electron chi connectivity index (χ1n) is 6.51. The molecular formula is C15H24N2. The van der Waals surface area contributed by atoms with E-state index in [1.54, 1.807) is 0 Å². The van der Waals surface area contributed by atoms with Crippen LogP contribution < -0.4 is 5.73 Å². The van der Waals surface area contributed by atoms with Gasteiger partial charge in [0.15, 0.2) is 0 Å². The Bertz CT molecular complexity index is 358. The van der Waals surface area contributed by atoms with Crippen molar-refractivity contribution in [3.63, 3.8) is 0 Å². The Morgan fingerprint density at radius 2 is 1.94 bits per heavy atom. The highest BCUT2D eigenvalue weighted by molar-refractivity contribution is 5.15. The Balaban J connectivity index is 2.09. The van der Waals surface area contributed by atoms with Crippen molar-refractivity contribution in [2.24, 2.45) is 11.1 Å². The van der Waals surface area contributed by atoms with E-state index in [0.29, 0.717) is 17.5 Å². The zero-order valence-corrected chi connectivity index (χ0v) is 11.2. The molecule has 1 heterocycles. The molecule has 0 amide bonds. The van der Waals surface area contributed by atoms with Crippen molar-refractivity contribution in [2.75, 3.05) is 6.54 Å². The third-order valence-corrected chi connectivity index (χ3v) is 3.84. The van der Waals surface area contributed by atoms with Crippen LogP contribution in [0.4, 0.5) is 0 Å². The van der Waals surface area contributed by atoms with E-state index < -0.39 is 0 Å². The molecule has 1 aliphatic rings. The predicted molar refractivity (Wildman–Crippen MR) is 72.7 cm³/mol. The zero-order valence-electron chi connectivity index (χ0n) is 11.2. The maximum Gasteiger partial charge on any atom is 0.0237 e. The van der Waals surface area contributed by atoms with E-state index in [1.165, 1.54) is 5.56 Å². The summed E-state index contributed by atoms with van der Waals surface area (Å²) in [5.74, 6) is 0. The lowest BCUT2D eigenvalue weighted by Gasteiger charge is -2.46. The molecule has 2 rings (SSSR count). The van der Waals surface area contributed by atoms with E-state index in [9.17, 15) is 0 Å². The summed E-state index contributed by atoms with van der Waals surface area (Å²) in [5.41, 5.74) is 7.97. The Hall–Kier alpha value is -0.860. The second kappa shape index (κ2) is 4.79. The van der Waals surface area contributed by atoms with Crippen LogP contribution in [0.1, 0.15) is 32.8 Å². The molecule has 0 unspecified atom stereocenters. The maximum absolute atomic E-state index is 6.26. The SMILES string of the molecule is C[C@H]1[C@H](N)CC(C)(C)CN1Cc1ccccc1. The summed E-state index contributed by atoms with van der Waals surface area (Å²) in [6, 6.07) is 11.4. The minimum atomic E-state index is 0.294. The lowest BCUT2D eigenvalue weighted by atomic mass is 9.79. The van der Waals surface area contributed by atoms with Crippen molar-refractivity contribution in [1.82, 2.24) is 4.90 Å². The number of rotatable bonds is 2. The fourth-order valence-electron chi connectivity index (χ4n) is 2.86. The van der Waals surface area contributed by atoms with Gasteiger partial charge < -0.3 is 5.73 Å². The lowest BCUT2D eigenvalue weighted by Crippen LogP contribution is -2.55. The van der Waals surface area contributed by atoms with Gasteiger partial charge in [-0.25, -0.2) is 0 Å². The second-order valence-corrected chi connectivity index (χ2v) is 6.16. The largest absolute Gasteiger partial charge is 0.326 e. The monoisotopic (exact) mass is 232 g/mol. The van der Waals surface area contributed by atoms with Crippen LogP contribution >= 0.6 is 0 Å². The third kappa shape index (κ3) is 3.08. The fraction of sp³-hybridized carbons (Fsp3) is 0.600. The summed E-state index contributed by atoms with van der Waals surface area (Å²) < 4.78 is 0. The summed E-state index contributed by atoms with van der Waals surface area (Å²) in [5, 5.41) is 0. The van der Waals surface area contributed by atoms with E-state index in [-0.39, 0.29) is 0 Å². The summed E-state index contributed by atoms with van der Waals surface area (Å²) in [6.45, 7) is 9.03. The van der Waals surface area contributed by atoms with E-state index >= 15 is 0 Å². The van der Waals surface area contributed by atoms with Gasteiger partial charge in [-0.3, -0.25) is 4.90 Å². The molecule has 0 radical (unpaired) electrons. The molecule has 1 fully saturated rings. The highest BCUT2D eigenvalue weighted by Gasteiger charge is 2.35. The molecule has 0 bridgehead atoms. The van der Waals surface area contributed by atoms with Gasteiger partial charge in [0.05, 0.1) is 0 Å². The van der Waals surface area contributed by atoms with Crippen LogP contribution in [0, 0.1) is 5.41 Å². The van der Waals surface area contributed by atoms with Crippen LogP contribution in [0.25, 0.3) is 0 Å². The molecule has 2 N–H and O–H groups in total. The highest BCUT2D eigenvalue weighted by atomic mass is 15.2. The van der Waals surface area contributed by atoms with Gasteiger partial charge in [0.2, 0.25) is 0 Å². The van der Waals surface area contributed by atoms with E-state index in [0.717, 1.165) is 19.5 Å². The number of nitrogens with two attached hydrogens (primary N) is 1. The van der Waals surface area contributed by atoms with Gasteiger partial charge in [-0.15, -0.1) is 0 Å². The summed E-state index contributed by atoms with van der Waals surface area (Å²) in [4.78, 5) is 2.52. The zero-order chi connectivity index (χ0) is 12.5. The summed E-state index contributed by atoms with van der Waals surface area (Å²) in [6.07, 6.45) is 1.12. The number of benzene rings is 1. The van der Waals surface area contributed by atoms with Crippen molar-refractivity contribution < 1.29 is 0 Å². The lowest BCUT2D eigenvalue weighted by molar-refractivity contribution is 0.0491. The molecule has 2 atom stereocenters. The van der Waals surface area contributed by atoms with Crippen molar-refractivity contribution in [3.05, 3.63) is 35.9 Å². The van der Waals surface area contributed by atoms with Crippen molar-refractivity contribution in [2.45, 2.75) is 45.8 Å². The van der Waals surface area contributed by atoms with Gasteiger partial charge >= 0.3 is 0 Å². The molecule has 1 aliphatic heterocycles. The average Bonchev–Trinajstić information content (AvgIpc) is 2.26. The van der Waals surface area contributed by atoms with Crippen LogP contribution in [0.5, 0.6) is 0 Å². The van der Waals surface area contributed by atoms with Gasteiger partial charge in [-0.1, -0.05) is 44.2 Å². The minimum absolute atomic E-state index is 0.294. The second-order valence-electron chi connectivity index (χ2n) is 6.16. The molecule has 17 heavy (non-hydrogen) atoms. The van der Waals surface area contributed by atoms with Crippen LogP contribution in [0.3, 0.4) is 0 Å². The van der Waals surface area contributed by atoms with Crippen molar-refractivity contribution in [3.8, 4) is 0 Å². The van der Waals surface area contributed by atoms with Gasteiger partial charge in [0, 0.05) is 25.2 Å². The molecule has 1 aromatic rings. The van der Waals surface area contributed by atoms with E-state index in [1.807, 2.05) is 0 Å². The number of nitrogens with zero attached hydrogens (tertiary/aromatic N) is 1. The number of likely N-dealkylation sites (tertiary alicyclic amines) is 1. The van der Waals surface area contributed by atoms with E-state index in [2.05, 4.69) is 56.0 Å². The molecule has 0 spiro atoms. The molecule has 2 nitrogen and oxygen atoms in total. The molecule has 0 aromatic heterocycles. The van der Waals surface area contributed by atoms with Crippen LogP contribution in [-0.2, 0) is 6.54 Å². The topological polar surface area (TPSA) is 29.3 Å². The van der Waals surface area contributed by atoms with Crippen LogP contribution in [-0.4, -0.2) is 23.5 Å². The molecular weight excluding hydrogens is 208 g/mol. The summed E-state index contributed by atoms with van der Waals surface area (Å²) in [7, 11) is 0. The molecule has 2 heteroatoms. The maximum atomic E-state index is 6.26. The number of hydrogen-bond acceptors (Lipinski definition) is 2. The molecule has 1 aromatic carbocycles. The van der Waals surface area contributed by atoms with Gasteiger partial charge in [-0.05, 0) is 24.3 Å². The third-order valence-electron chi connectivity index (χ3n) is 3.84. The Morgan fingerprint density at radius 1 is 1.29 bits per heavy atom. The molecule has 94 valence electrons. The first kappa shape index (κ1) is 12.6. The van der Waals surface area contributed by atoms with Crippen molar-refractivity contribution in [1.29, 1.82) is 0 Å². The molecule has 0 aliphatic carbocycles. The normalized spacial score (nSPS) is 29.2. The van der Waals surface area contributed by atoms with Crippen LogP contribution in [0.15, 0.2) is 30.3 Å². The average molecular weight is 232 g/mol. The van der Waals surface area contributed by atoms with Gasteiger partial charge in [0.1, 0.15) is 0 Å². The first-order valence-corrected chi connectivity index (χ1v) is 6.51. The molecule has 0 saturated carbocycles. The fourth-order valence-corrected chi connectivity index (χ4v) is 2.86. The smallest absolute Gasteiger partial charge is 0.0237 e. The Labute approximate surface area is 105 Å². The first-order chi connectivity index (χ1) is 7.98. The highest BCUT2D eigenvalue weighted by Crippen LogP contribution is 2.32. The van der Waals surface area contributed by atoms with Crippen molar-refractivity contribution >= 4 is 0 Å². The minimum Gasteiger partial charge on any atom is -0.326 e. The standard InChI is InChI=1S/C15H24N2/c1-12-14(16)9-15(2,3)11-17(12)10-13-7-5-4-6-8-13/h4-8,12,14H,9-11,16H2,1-3H3/t12-,14+/m0/s1. The van der Waals surface area contributed by atoms with Crippen LogP contribution in [0.2, 0.25) is 0 Å². The Kier molecular flexibility index (Phi) is 3.55. The van der Waals surface area contributed by atoms with Gasteiger partial charge in [-0.2, -0.15) is 0 Å². The molecule has 1 saturated heterocycles. The Morgan fingerprint density at radius 3 is 2.59 bits per heavy atom.